The molecule has 0 N–H and O–H groups in total. The lowest BCUT2D eigenvalue weighted by Crippen LogP contribution is -2.33. The second-order valence-electron chi connectivity index (χ2n) is 7.28. The van der Waals surface area contributed by atoms with Crippen molar-refractivity contribution in [1.82, 2.24) is 14.5 Å². The molecular formula is C22H28ClN5O3. The van der Waals surface area contributed by atoms with Gasteiger partial charge in [-0.1, -0.05) is 49.3 Å². The number of imidazole rings is 1. The summed E-state index contributed by atoms with van der Waals surface area (Å²) in [4.78, 5) is 37.5. The predicted molar refractivity (Wildman–Crippen MR) is 123 cm³/mol. The van der Waals surface area contributed by atoms with Crippen molar-refractivity contribution in [2.45, 2.75) is 26.3 Å². The molecule has 166 valence electrons. The highest BCUT2D eigenvalue weighted by Crippen LogP contribution is 2.27. The van der Waals surface area contributed by atoms with Gasteiger partial charge in [0.15, 0.2) is 11.5 Å². The molecule has 1 aromatic carbocycles. The fraction of sp³-hybridized carbons (Fsp3) is 0.364. The number of amides is 2. The van der Waals surface area contributed by atoms with E-state index in [4.69, 9.17) is 16.4 Å². The molecule has 0 unspecified atom stereocenters. The van der Waals surface area contributed by atoms with Crippen LogP contribution in [0.1, 0.15) is 41.6 Å². The molecule has 0 aliphatic heterocycles. The van der Waals surface area contributed by atoms with E-state index in [2.05, 4.69) is 16.7 Å². The van der Waals surface area contributed by atoms with Gasteiger partial charge in [-0.25, -0.2) is 4.98 Å². The number of rotatable bonds is 11. The summed E-state index contributed by atoms with van der Waals surface area (Å²) < 4.78 is 1.86. The Balaban J connectivity index is 2.44. The molecule has 0 saturated carbocycles. The third-order valence-electron chi connectivity index (χ3n) is 4.55. The van der Waals surface area contributed by atoms with Gasteiger partial charge in [-0.3, -0.25) is 9.59 Å². The molecule has 2 amide bonds. The topological polar surface area (TPSA) is 80.0 Å². The number of aromatic nitrogens is 2. The Hall–Kier alpha value is -3.13. The Morgan fingerprint density at radius 2 is 2.00 bits per heavy atom. The molecule has 1 aromatic heterocycles. The number of anilines is 1. The van der Waals surface area contributed by atoms with Gasteiger partial charge in [0.05, 0.1) is 12.8 Å². The van der Waals surface area contributed by atoms with Crippen LogP contribution in [0.5, 0.6) is 0 Å². The Labute approximate surface area is 187 Å². The van der Waals surface area contributed by atoms with Crippen LogP contribution < -0.4 is 4.90 Å². The third-order valence-corrected chi connectivity index (χ3v) is 4.80. The largest absolute Gasteiger partial charge is 0.394 e. The molecule has 0 fully saturated rings. The molecule has 0 bridgehead atoms. The van der Waals surface area contributed by atoms with Crippen LogP contribution in [0.2, 0.25) is 5.02 Å². The summed E-state index contributed by atoms with van der Waals surface area (Å²) in [6.07, 6.45) is 3.57. The summed E-state index contributed by atoms with van der Waals surface area (Å²) in [6.45, 7) is 8.44. The Morgan fingerprint density at radius 1 is 1.32 bits per heavy atom. The number of hydrogen-bond donors (Lipinski definition) is 0. The molecule has 0 radical (unpaired) electrons. The minimum absolute atomic E-state index is 0.0366. The van der Waals surface area contributed by atoms with Gasteiger partial charge in [-0.05, 0) is 23.8 Å². The van der Waals surface area contributed by atoms with E-state index in [1.54, 1.807) is 26.2 Å². The maximum absolute atomic E-state index is 13.4. The fourth-order valence-electron chi connectivity index (χ4n) is 2.94. The van der Waals surface area contributed by atoms with Crippen LogP contribution in [0.15, 0.2) is 42.1 Å². The van der Waals surface area contributed by atoms with E-state index in [0.717, 1.165) is 5.56 Å². The van der Waals surface area contributed by atoms with E-state index in [9.17, 15) is 9.59 Å². The molecule has 9 heteroatoms. The maximum Gasteiger partial charge on any atom is 0.274 e. The van der Waals surface area contributed by atoms with E-state index in [1.165, 1.54) is 22.1 Å². The lowest BCUT2D eigenvalue weighted by Gasteiger charge is -2.20. The van der Waals surface area contributed by atoms with Crippen molar-refractivity contribution < 1.29 is 14.4 Å². The molecule has 0 spiro atoms. The average molecular weight is 446 g/mol. The lowest BCUT2D eigenvalue weighted by atomic mass is 10.2. The lowest BCUT2D eigenvalue weighted by molar-refractivity contribution is -0.107. The number of carbonyl (C=O) groups is 2. The Kier molecular flexibility index (Phi) is 8.81. The Morgan fingerprint density at radius 3 is 2.58 bits per heavy atom. The van der Waals surface area contributed by atoms with Gasteiger partial charge in [-0.15, -0.1) is 0 Å². The number of nitrogens with zero attached hydrogens (tertiary/aromatic N) is 5. The van der Waals surface area contributed by atoms with Crippen molar-refractivity contribution in [3.05, 3.63) is 59.0 Å². The van der Waals surface area contributed by atoms with E-state index in [1.807, 2.05) is 30.5 Å². The highest BCUT2D eigenvalue weighted by Gasteiger charge is 2.28. The van der Waals surface area contributed by atoms with Crippen molar-refractivity contribution >= 4 is 36.0 Å². The van der Waals surface area contributed by atoms with Gasteiger partial charge in [-0.2, -0.15) is 0 Å². The molecule has 8 nitrogen and oxygen atoms in total. The molecule has 31 heavy (non-hydrogen) atoms. The minimum Gasteiger partial charge on any atom is -0.394 e. The smallest absolute Gasteiger partial charge is 0.274 e. The van der Waals surface area contributed by atoms with E-state index in [0.29, 0.717) is 41.9 Å². The molecule has 2 aromatic rings. The quantitative estimate of drug-likeness (QED) is 0.229. The minimum atomic E-state index is -0.270. The maximum atomic E-state index is 13.4. The molecule has 2 rings (SSSR count). The van der Waals surface area contributed by atoms with Crippen LogP contribution in [0.25, 0.3) is 0 Å². The number of hydrogen-bond acceptors (Lipinski definition) is 5. The van der Waals surface area contributed by atoms with E-state index >= 15 is 0 Å². The summed E-state index contributed by atoms with van der Waals surface area (Å²) in [7, 11) is 3.25. The second-order valence-corrected chi connectivity index (χ2v) is 7.71. The summed E-state index contributed by atoms with van der Waals surface area (Å²) in [5, 5.41) is 4.33. The van der Waals surface area contributed by atoms with Gasteiger partial charge in [0.2, 0.25) is 6.41 Å². The zero-order valence-corrected chi connectivity index (χ0v) is 19.0. The van der Waals surface area contributed by atoms with Gasteiger partial charge >= 0.3 is 0 Å². The zero-order chi connectivity index (χ0) is 23.0. The number of allylic oxidation sites excluding steroid dienone is 1. The predicted octanol–water partition coefficient (Wildman–Crippen LogP) is 3.56. The zero-order valence-electron chi connectivity index (χ0n) is 18.3. The number of likely N-dealkylation sites (N-methyl/N-ethyl adjacent to an activating group) is 1. The monoisotopic (exact) mass is 445 g/mol. The van der Waals surface area contributed by atoms with Crippen LogP contribution in [0, 0.1) is 0 Å². The van der Waals surface area contributed by atoms with Crippen LogP contribution in [-0.4, -0.2) is 60.2 Å². The van der Waals surface area contributed by atoms with Crippen LogP contribution in [-0.2, 0) is 16.2 Å². The van der Waals surface area contributed by atoms with E-state index in [-0.39, 0.29) is 18.4 Å². The first kappa shape index (κ1) is 24.1. The highest BCUT2D eigenvalue weighted by atomic mass is 35.5. The van der Waals surface area contributed by atoms with Crippen molar-refractivity contribution in [2.75, 3.05) is 32.1 Å². The van der Waals surface area contributed by atoms with Gasteiger partial charge in [0.25, 0.3) is 5.91 Å². The van der Waals surface area contributed by atoms with Crippen molar-refractivity contribution in [2.24, 2.45) is 5.16 Å². The van der Waals surface area contributed by atoms with Gasteiger partial charge in [0, 0.05) is 31.6 Å². The number of oxime groups is 1. The molecule has 0 atom stereocenters. The summed E-state index contributed by atoms with van der Waals surface area (Å²) >= 11 is 6.01. The van der Waals surface area contributed by atoms with Crippen molar-refractivity contribution in [3.8, 4) is 0 Å². The summed E-state index contributed by atoms with van der Waals surface area (Å²) in [5.41, 5.74) is 1.30. The number of benzene rings is 1. The second kappa shape index (κ2) is 11.3. The first-order valence-corrected chi connectivity index (χ1v) is 10.2. The normalized spacial score (nSPS) is 11.0. The fourth-order valence-corrected chi connectivity index (χ4v) is 3.06. The van der Waals surface area contributed by atoms with Crippen LogP contribution in [0.4, 0.5) is 5.82 Å². The first-order valence-electron chi connectivity index (χ1n) is 9.84. The SMILES string of the molecule is C=C/C=N\OCCN(C)C(=O)c1c(N(C)C=O)nc(C(C)C)n1Cc1ccc(Cl)cc1. The average Bonchev–Trinajstić information content (AvgIpc) is 3.13. The van der Waals surface area contributed by atoms with Crippen LogP contribution in [0.3, 0.4) is 0 Å². The first-order chi connectivity index (χ1) is 14.8. The highest BCUT2D eigenvalue weighted by molar-refractivity contribution is 6.30. The summed E-state index contributed by atoms with van der Waals surface area (Å²) in [6, 6.07) is 7.41. The number of carbonyl (C=O) groups excluding carboxylic acids is 2. The Bertz CT molecular complexity index is 937. The van der Waals surface area contributed by atoms with Gasteiger partial charge in [0.1, 0.15) is 12.4 Å². The molecule has 0 aliphatic carbocycles. The van der Waals surface area contributed by atoms with Crippen LogP contribution >= 0.6 is 11.6 Å². The van der Waals surface area contributed by atoms with Gasteiger partial charge < -0.3 is 19.2 Å². The third kappa shape index (κ3) is 6.18. The molecule has 0 aliphatic rings. The van der Waals surface area contributed by atoms with Crippen molar-refractivity contribution in [1.29, 1.82) is 0 Å². The summed E-state index contributed by atoms with van der Waals surface area (Å²) in [5.74, 6) is 0.792. The van der Waals surface area contributed by atoms with Crippen molar-refractivity contribution in [3.63, 3.8) is 0 Å². The molecule has 0 saturated heterocycles. The standard InChI is InChI=1S/C22H28ClN5O3/c1-6-11-24-31-13-12-26(4)22(30)19-21(27(5)15-29)25-20(16(2)3)28(19)14-17-7-9-18(23)10-8-17/h6-11,15-16H,1,12-14H2,2-5H3/b24-11-. The molecular weight excluding hydrogens is 418 g/mol. The number of halogens is 1. The molecule has 1 heterocycles. The van der Waals surface area contributed by atoms with E-state index < -0.39 is 0 Å².